The summed E-state index contributed by atoms with van der Waals surface area (Å²) in [5, 5.41) is 0.592. The summed E-state index contributed by atoms with van der Waals surface area (Å²) in [5.74, 6) is 0. The molecule has 0 saturated carbocycles. The molecule has 0 aromatic carbocycles. The van der Waals surface area contributed by atoms with Crippen molar-refractivity contribution in [2.45, 2.75) is 0 Å². The Morgan fingerprint density at radius 1 is 1.56 bits per heavy atom. The molecule has 1 heterocycles. The minimum Gasteiger partial charge on any atom is -0.257 e. The van der Waals surface area contributed by atoms with E-state index in [1.54, 1.807) is 12.1 Å². The topological polar surface area (TPSA) is 12.9 Å². The second-order valence-corrected chi connectivity index (χ2v) is 2.78. The molecule has 0 aliphatic carbocycles. The Morgan fingerprint density at radius 2 is 2.22 bits per heavy atom. The van der Waals surface area contributed by atoms with Gasteiger partial charge < -0.3 is 0 Å². The molecule has 2 radical (unpaired) electrons. The van der Waals surface area contributed by atoms with Crippen LogP contribution in [0.25, 0.3) is 0 Å². The van der Waals surface area contributed by atoms with Gasteiger partial charge in [-0.3, -0.25) is 4.98 Å². The second-order valence-electron chi connectivity index (χ2n) is 1.53. The Bertz CT molecular complexity index is 178. The molecule has 0 N–H and O–H groups in total. The predicted molar refractivity (Wildman–Crippen MR) is 42.3 cm³/mol. The van der Waals surface area contributed by atoms with Crippen LogP contribution in [0.15, 0.2) is 16.7 Å². The van der Waals surface area contributed by atoms with E-state index in [9.17, 15) is 0 Å². The van der Waals surface area contributed by atoms with Crippen LogP contribution in [0, 0.1) is 0 Å². The lowest BCUT2D eigenvalue weighted by atomic mass is 10.0. The van der Waals surface area contributed by atoms with Crippen LogP contribution in [-0.4, -0.2) is 12.8 Å². The van der Waals surface area contributed by atoms with Gasteiger partial charge in [-0.05, 0) is 33.7 Å². The van der Waals surface area contributed by atoms with E-state index >= 15 is 0 Å². The summed E-state index contributed by atoms with van der Waals surface area (Å²) in [7, 11) is 5.33. The van der Waals surface area contributed by atoms with E-state index in [0.717, 1.165) is 0 Å². The van der Waals surface area contributed by atoms with Gasteiger partial charge in [0.15, 0.2) is 0 Å². The van der Waals surface area contributed by atoms with Crippen molar-refractivity contribution in [1.82, 2.24) is 4.98 Å². The standard InChI is InChI=1S/C5H2BBrClN/c6-4-1-3(8)2-5(7)9-4/h1-2H. The molecular weight excluding hydrogens is 200 g/mol. The highest BCUT2D eigenvalue weighted by atomic mass is 79.9. The van der Waals surface area contributed by atoms with Gasteiger partial charge >= 0.3 is 0 Å². The fraction of sp³-hybridized carbons (Fsp3) is 0. The molecule has 0 saturated heterocycles. The zero-order valence-corrected chi connectivity index (χ0v) is 6.78. The van der Waals surface area contributed by atoms with E-state index in [2.05, 4.69) is 20.9 Å². The first-order chi connectivity index (χ1) is 4.18. The number of halogens is 2. The van der Waals surface area contributed by atoms with Gasteiger partial charge in [0.25, 0.3) is 0 Å². The molecule has 0 unspecified atom stereocenters. The molecular formula is C5H2BBrClN. The zero-order chi connectivity index (χ0) is 6.85. The summed E-state index contributed by atoms with van der Waals surface area (Å²) >= 11 is 8.74. The first kappa shape index (κ1) is 7.10. The third-order valence-corrected chi connectivity index (χ3v) is 1.40. The lowest BCUT2D eigenvalue weighted by Crippen LogP contribution is -2.06. The highest BCUT2D eigenvalue weighted by molar-refractivity contribution is 9.10. The maximum atomic E-state index is 5.60. The fourth-order valence-corrected chi connectivity index (χ4v) is 1.28. The number of aromatic nitrogens is 1. The largest absolute Gasteiger partial charge is 0.257 e. The monoisotopic (exact) mass is 201 g/mol. The molecule has 0 atom stereocenters. The van der Waals surface area contributed by atoms with Crippen LogP contribution in [0.3, 0.4) is 0 Å². The summed E-state index contributed by atoms with van der Waals surface area (Å²) in [6, 6.07) is 3.27. The van der Waals surface area contributed by atoms with E-state index in [1.807, 2.05) is 0 Å². The van der Waals surface area contributed by atoms with Crippen LogP contribution in [0.2, 0.25) is 5.02 Å². The second kappa shape index (κ2) is 2.71. The van der Waals surface area contributed by atoms with Crippen molar-refractivity contribution in [3.05, 3.63) is 21.8 Å². The molecule has 4 heteroatoms. The molecule has 0 aliphatic heterocycles. The van der Waals surface area contributed by atoms with Crippen LogP contribution >= 0.6 is 27.5 Å². The van der Waals surface area contributed by atoms with Gasteiger partial charge in [0.1, 0.15) is 12.4 Å². The molecule has 0 fully saturated rings. The van der Waals surface area contributed by atoms with Crippen molar-refractivity contribution in [2.24, 2.45) is 0 Å². The van der Waals surface area contributed by atoms with E-state index < -0.39 is 0 Å². The van der Waals surface area contributed by atoms with Crippen molar-refractivity contribution in [2.75, 3.05) is 0 Å². The van der Waals surface area contributed by atoms with Crippen LogP contribution < -0.4 is 5.59 Å². The zero-order valence-electron chi connectivity index (χ0n) is 4.44. The lowest BCUT2D eigenvalue weighted by Gasteiger charge is -1.93. The van der Waals surface area contributed by atoms with Gasteiger partial charge in [0.05, 0.1) is 0 Å². The van der Waals surface area contributed by atoms with Gasteiger partial charge in [-0.2, -0.15) is 0 Å². The number of hydrogen-bond acceptors (Lipinski definition) is 1. The van der Waals surface area contributed by atoms with E-state index in [4.69, 9.17) is 19.4 Å². The van der Waals surface area contributed by atoms with Crippen molar-refractivity contribution in [3.63, 3.8) is 0 Å². The van der Waals surface area contributed by atoms with Crippen molar-refractivity contribution < 1.29 is 0 Å². The molecule has 9 heavy (non-hydrogen) atoms. The molecule has 0 bridgehead atoms. The third kappa shape index (κ3) is 1.99. The Hall–Kier alpha value is -0.0151. The van der Waals surface area contributed by atoms with Crippen molar-refractivity contribution in [3.8, 4) is 0 Å². The molecule has 1 rings (SSSR count). The van der Waals surface area contributed by atoms with Crippen LogP contribution in [0.5, 0.6) is 0 Å². The van der Waals surface area contributed by atoms with Crippen molar-refractivity contribution >= 4 is 41.0 Å². The molecule has 0 amide bonds. The van der Waals surface area contributed by atoms with Crippen LogP contribution in [0.1, 0.15) is 0 Å². The number of nitrogens with zero attached hydrogens (tertiary/aromatic N) is 1. The summed E-state index contributed by atoms with van der Waals surface area (Å²) < 4.78 is 0.660. The molecule has 1 aromatic heterocycles. The highest BCUT2D eigenvalue weighted by Gasteiger charge is 1.91. The quantitative estimate of drug-likeness (QED) is 0.456. The SMILES string of the molecule is [B]c1cc(Cl)cc(Br)n1. The minimum absolute atomic E-state index is 0.425. The number of rotatable bonds is 0. The maximum absolute atomic E-state index is 5.60. The van der Waals surface area contributed by atoms with E-state index in [1.165, 1.54) is 0 Å². The molecule has 44 valence electrons. The third-order valence-electron chi connectivity index (χ3n) is 0.779. The van der Waals surface area contributed by atoms with E-state index in [-0.39, 0.29) is 0 Å². The minimum atomic E-state index is 0.425. The Morgan fingerprint density at radius 3 is 2.67 bits per heavy atom. The first-order valence-electron chi connectivity index (χ1n) is 2.27. The lowest BCUT2D eigenvalue weighted by molar-refractivity contribution is 1.33. The Labute approximate surface area is 68.0 Å². The fourth-order valence-electron chi connectivity index (χ4n) is 0.485. The van der Waals surface area contributed by atoms with Gasteiger partial charge in [-0.25, -0.2) is 0 Å². The average Bonchev–Trinajstić information content (AvgIpc) is 1.59. The number of pyridine rings is 1. The normalized spacial score (nSPS) is 9.56. The predicted octanol–water partition coefficient (Wildman–Crippen LogP) is 1.29. The summed E-state index contributed by atoms with van der Waals surface area (Å²) in [5.41, 5.74) is 0.425. The van der Waals surface area contributed by atoms with Gasteiger partial charge in [0.2, 0.25) is 0 Å². The van der Waals surface area contributed by atoms with Gasteiger partial charge in [-0.15, -0.1) is 0 Å². The highest BCUT2D eigenvalue weighted by Crippen LogP contribution is 2.10. The molecule has 1 nitrogen and oxygen atoms in total. The Balaban J connectivity index is 3.17. The van der Waals surface area contributed by atoms with Crippen LogP contribution in [-0.2, 0) is 0 Å². The average molecular weight is 202 g/mol. The number of hydrogen-bond donors (Lipinski definition) is 0. The summed E-state index contributed by atoms with van der Waals surface area (Å²) in [4.78, 5) is 3.84. The van der Waals surface area contributed by atoms with Crippen molar-refractivity contribution in [1.29, 1.82) is 0 Å². The molecule has 1 aromatic rings. The van der Waals surface area contributed by atoms with Crippen LogP contribution in [0.4, 0.5) is 0 Å². The molecule has 0 aliphatic rings. The summed E-state index contributed by atoms with van der Waals surface area (Å²) in [6.07, 6.45) is 0. The van der Waals surface area contributed by atoms with Gasteiger partial charge in [0, 0.05) is 5.02 Å². The summed E-state index contributed by atoms with van der Waals surface area (Å²) in [6.45, 7) is 0. The molecule has 0 spiro atoms. The van der Waals surface area contributed by atoms with E-state index in [0.29, 0.717) is 15.2 Å². The smallest absolute Gasteiger partial charge is 0.141 e. The Kier molecular flexibility index (Phi) is 2.14. The maximum Gasteiger partial charge on any atom is 0.141 e. The van der Waals surface area contributed by atoms with Gasteiger partial charge in [-0.1, -0.05) is 11.6 Å². The first-order valence-corrected chi connectivity index (χ1v) is 3.44.